The van der Waals surface area contributed by atoms with E-state index in [9.17, 15) is 23.0 Å². The normalized spacial score (nSPS) is 14.9. The maximum Gasteiger partial charge on any atom is 0.327 e. The van der Waals surface area contributed by atoms with Crippen LogP contribution in [-0.4, -0.2) is 48.7 Å². The van der Waals surface area contributed by atoms with E-state index in [1.54, 1.807) is 6.07 Å². The molecule has 1 heterocycles. The molecule has 2 rings (SSSR count). The fraction of sp³-hybridized carbons (Fsp3) is 0.308. The number of hydrogen-bond donors (Lipinski definition) is 4. The Morgan fingerprint density at radius 2 is 2.00 bits per heavy atom. The van der Waals surface area contributed by atoms with E-state index in [2.05, 4.69) is 10.3 Å². The highest BCUT2D eigenvalue weighted by Gasteiger charge is 2.33. The molecule has 12 nitrogen and oxygen atoms in total. The van der Waals surface area contributed by atoms with E-state index in [0.29, 0.717) is 0 Å². The molecule has 0 fully saturated rings. The van der Waals surface area contributed by atoms with Gasteiger partial charge < -0.3 is 25.0 Å². The molecule has 14 heteroatoms. The number of ether oxygens (including phenoxy) is 1. The van der Waals surface area contributed by atoms with Gasteiger partial charge in [0.2, 0.25) is 20.8 Å². The minimum atomic E-state index is -4.22. The lowest BCUT2D eigenvalue weighted by Crippen LogP contribution is -2.27. The molecule has 0 unspecified atom stereocenters. The smallest absolute Gasteiger partial charge is 0.327 e. The first kappa shape index (κ1) is 21.2. The SMILES string of the molecule is O=C(CCOC1=C(S(=O)(=O)c2ccccc2)N([O-])ON1)NCCP(=O)(O)O. The molecule has 1 amide bonds. The zero-order valence-electron chi connectivity index (χ0n) is 13.8. The van der Waals surface area contributed by atoms with Crippen molar-refractivity contribution >= 4 is 23.3 Å². The molecule has 27 heavy (non-hydrogen) atoms. The molecule has 0 bridgehead atoms. The van der Waals surface area contributed by atoms with Crippen molar-refractivity contribution in [1.82, 2.24) is 16.0 Å². The number of carbonyl (C=O) groups excluding carboxylic acids is 1. The average molecular weight is 422 g/mol. The van der Waals surface area contributed by atoms with Crippen molar-refractivity contribution in [1.29, 1.82) is 0 Å². The first-order valence-corrected chi connectivity index (χ1v) is 10.8. The second-order valence-electron chi connectivity index (χ2n) is 5.24. The van der Waals surface area contributed by atoms with Gasteiger partial charge in [-0.05, 0) is 12.1 Å². The molecule has 1 aliphatic rings. The highest BCUT2D eigenvalue weighted by atomic mass is 32.2. The quantitative estimate of drug-likeness (QED) is 0.378. The first-order chi connectivity index (χ1) is 12.6. The summed E-state index contributed by atoms with van der Waals surface area (Å²) in [6.07, 6.45) is -0.755. The Bertz CT molecular complexity index is 853. The first-order valence-electron chi connectivity index (χ1n) is 7.50. The van der Waals surface area contributed by atoms with Crippen LogP contribution in [0.3, 0.4) is 0 Å². The summed E-state index contributed by atoms with van der Waals surface area (Å²) in [5, 5.41) is 12.9. The van der Waals surface area contributed by atoms with E-state index in [1.165, 1.54) is 24.3 Å². The summed E-state index contributed by atoms with van der Waals surface area (Å²) in [6, 6.07) is 7.15. The molecule has 0 aromatic heterocycles. The summed E-state index contributed by atoms with van der Waals surface area (Å²) in [5.41, 5.74) is 2.03. The summed E-state index contributed by atoms with van der Waals surface area (Å²) in [4.78, 5) is 33.2. The van der Waals surface area contributed by atoms with Gasteiger partial charge in [-0.2, -0.15) is 4.94 Å². The van der Waals surface area contributed by atoms with Crippen molar-refractivity contribution in [3.8, 4) is 0 Å². The van der Waals surface area contributed by atoms with Crippen molar-refractivity contribution in [3.05, 3.63) is 46.5 Å². The highest BCUT2D eigenvalue weighted by molar-refractivity contribution is 7.95. The fourth-order valence-electron chi connectivity index (χ4n) is 1.95. The van der Waals surface area contributed by atoms with Crippen LogP contribution in [0.2, 0.25) is 0 Å². The van der Waals surface area contributed by atoms with Gasteiger partial charge in [0.05, 0.1) is 24.1 Å². The maximum atomic E-state index is 12.5. The van der Waals surface area contributed by atoms with Crippen molar-refractivity contribution in [2.45, 2.75) is 11.3 Å². The molecule has 0 radical (unpaired) electrons. The summed E-state index contributed by atoms with van der Waals surface area (Å²) in [7, 11) is -8.44. The highest BCUT2D eigenvalue weighted by Crippen LogP contribution is 2.32. The standard InChI is InChI=1S/C13H17N3O9PS/c17-11(14-7-9-26(19,20)21)6-8-24-12-13(16(18)25-15-12)27(22,23)10-4-2-1-3-5-10/h1-5,15H,6-9H2,(H,14,17)(H2,19,20,21)/q-1. The second-order valence-corrected chi connectivity index (χ2v) is 8.88. The van der Waals surface area contributed by atoms with E-state index < -0.39 is 40.4 Å². The number of hydrogen-bond acceptors (Lipinski definition) is 9. The Hall–Kier alpha value is -2.15. The average Bonchev–Trinajstić information content (AvgIpc) is 2.96. The van der Waals surface area contributed by atoms with Gasteiger partial charge >= 0.3 is 7.60 Å². The van der Waals surface area contributed by atoms with E-state index in [1.807, 2.05) is 5.48 Å². The van der Waals surface area contributed by atoms with E-state index in [0.717, 1.165) is 0 Å². The molecule has 0 aliphatic carbocycles. The lowest BCUT2D eigenvalue weighted by molar-refractivity contribution is -0.124. The Morgan fingerprint density at radius 1 is 1.33 bits per heavy atom. The topological polar surface area (TPSA) is 178 Å². The molecule has 1 aromatic carbocycles. The molecule has 150 valence electrons. The number of amides is 1. The lowest BCUT2D eigenvalue weighted by Gasteiger charge is -2.22. The van der Waals surface area contributed by atoms with E-state index in [-0.39, 0.29) is 29.7 Å². The zero-order valence-corrected chi connectivity index (χ0v) is 15.5. The van der Waals surface area contributed by atoms with Gasteiger partial charge in [0.15, 0.2) is 0 Å². The molecule has 1 aliphatic heterocycles. The monoisotopic (exact) mass is 422 g/mol. The third-order valence-electron chi connectivity index (χ3n) is 3.19. The van der Waals surface area contributed by atoms with Gasteiger partial charge in [-0.15, -0.1) is 0 Å². The van der Waals surface area contributed by atoms with Crippen LogP contribution in [0.4, 0.5) is 0 Å². The predicted octanol–water partition coefficient (Wildman–Crippen LogP) is -0.463. The Balaban J connectivity index is 1.98. The fourth-order valence-corrected chi connectivity index (χ4v) is 3.67. The van der Waals surface area contributed by atoms with E-state index >= 15 is 0 Å². The molecular formula is C13H17N3O9PS-. The van der Waals surface area contributed by atoms with Gasteiger partial charge in [-0.25, -0.2) is 13.9 Å². The van der Waals surface area contributed by atoms with Crippen LogP contribution < -0.4 is 10.8 Å². The third kappa shape index (κ3) is 5.92. The molecular weight excluding hydrogens is 405 g/mol. The largest absolute Gasteiger partial charge is 0.731 e. The van der Waals surface area contributed by atoms with Gasteiger partial charge in [-0.1, -0.05) is 18.2 Å². The van der Waals surface area contributed by atoms with Crippen LogP contribution in [-0.2, 0) is 28.9 Å². The number of nitrogens with one attached hydrogen (secondary N) is 2. The van der Waals surface area contributed by atoms with Crippen LogP contribution in [0.5, 0.6) is 0 Å². The summed E-state index contributed by atoms with van der Waals surface area (Å²) < 4.78 is 40.9. The number of rotatable bonds is 9. The number of nitrogens with zero attached hydrogens (tertiary/aromatic N) is 1. The van der Waals surface area contributed by atoms with E-state index in [4.69, 9.17) is 14.5 Å². The summed E-state index contributed by atoms with van der Waals surface area (Å²) in [6.45, 7) is -0.537. The second kappa shape index (κ2) is 8.69. The molecule has 0 atom stereocenters. The minimum absolute atomic E-state index is 0.149. The van der Waals surface area contributed by atoms with Crippen LogP contribution in [0.25, 0.3) is 0 Å². The third-order valence-corrected chi connectivity index (χ3v) is 5.73. The number of hydroxylamine groups is 3. The number of carbonyl (C=O) groups is 1. The number of sulfone groups is 1. The molecule has 1 aromatic rings. The molecule has 0 saturated carbocycles. The van der Waals surface area contributed by atoms with Gasteiger partial charge in [0.25, 0.3) is 5.88 Å². The molecule has 4 N–H and O–H groups in total. The van der Waals surface area contributed by atoms with Gasteiger partial charge in [0.1, 0.15) is 0 Å². The zero-order chi connectivity index (χ0) is 20.1. The van der Waals surface area contributed by atoms with Crippen molar-refractivity contribution in [2.24, 2.45) is 0 Å². The Kier molecular flexibility index (Phi) is 6.81. The van der Waals surface area contributed by atoms with Crippen LogP contribution in [0.15, 0.2) is 46.1 Å². The lowest BCUT2D eigenvalue weighted by atomic mass is 10.4. The van der Waals surface area contributed by atoms with Crippen molar-refractivity contribution in [3.63, 3.8) is 0 Å². The summed E-state index contributed by atoms with van der Waals surface area (Å²) >= 11 is 0. The van der Waals surface area contributed by atoms with Crippen molar-refractivity contribution in [2.75, 3.05) is 19.3 Å². The van der Waals surface area contributed by atoms with Gasteiger partial charge in [-0.3, -0.25) is 14.6 Å². The molecule has 0 spiro atoms. The van der Waals surface area contributed by atoms with Crippen LogP contribution >= 0.6 is 7.60 Å². The predicted molar refractivity (Wildman–Crippen MR) is 90.6 cm³/mol. The summed E-state index contributed by atoms with van der Waals surface area (Å²) in [5.74, 6) is -1.05. The van der Waals surface area contributed by atoms with Gasteiger partial charge in [0, 0.05) is 6.54 Å². The van der Waals surface area contributed by atoms with Crippen LogP contribution in [0, 0.1) is 5.21 Å². The molecule has 0 saturated heterocycles. The van der Waals surface area contributed by atoms with Crippen LogP contribution in [0.1, 0.15) is 6.42 Å². The number of benzene rings is 1. The maximum absolute atomic E-state index is 12.5. The van der Waals surface area contributed by atoms with Crippen molar-refractivity contribution < 1.29 is 37.2 Å². The minimum Gasteiger partial charge on any atom is -0.731 e. The Morgan fingerprint density at radius 3 is 2.63 bits per heavy atom. The Labute approximate surface area is 154 Å².